The third-order valence-electron chi connectivity index (χ3n) is 3.36. The van der Waals surface area contributed by atoms with Gasteiger partial charge in [0.25, 0.3) is 11.5 Å². The maximum atomic E-state index is 12.5. The zero-order valence-corrected chi connectivity index (χ0v) is 14.4. The van der Waals surface area contributed by atoms with Crippen LogP contribution >= 0.6 is 11.3 Å². The van der Waals surface area contributed by atoms with Crippen molar-refractivity contribution < 1.29 is 4.79 Å². The van der Waals surface area contributed by atoms with E-state index < -0.39 is 11.5 Å². The predicted octanol–water partition coefficient (Wildman–Crippen LogP) is 2.31. The van der Waals surface area contributed by atoms with Crippen LogP contribution in [0.2, 0.25) is 0 Å². The van der Waals surface area contributed by atoms with Crippen LogP contribution in [0.5, 0.6) is 0 Å². The van der Waals surface area contributed by atoms with Crippen LogP contribution < -0.4 is 10.9 Å². The number of nitrogens with one attached hydrogen (secondary N) is 1. The maximum Gasteiger partial charge on any atom is 0.270 e. The lowest BCUT2D eigenvalue weighted by Crippen LogP contribution is -2.26. The van der Waals surface area contributed by atoms with Gasteiger partial charge in [-0.15, -0.1) is 10.2 Å². The summed E-state index contributed by atoms with van der Waals surface area (Å²) in [4.78, 5) is 29.0. The fourth-order valence-corrected chi connectivity index (χ4v) is 3.19. The van der Waals surface area contributed by atoms with E-state index in [4.69, 9.17) is 0 Å². The van der Waals surface area contributed by atoms with Crippen LogP contribution in [-0.2, 0) is 6.42 Å². The molecule has 0 aromatic carbocycles. The summed E-state index contributed by atoms with van der Waals surface area (Å²) in [6.45, 7) is 6.04. The Balaban J connectivity index is 1.87. The summed E-state index contributed by atoms with van der Waals surface area (Å²) in [5.74, 6) is -0.0743. The van der Waals surface area contributed by atoms with Crippen molar-refractivity contribution in [3.8, 4) is 0 Å². The monoisotopic (exact) mass is 343 g/mol. The zero-order valence-electron chi connectivity index (χ0n) is 13.6. The first-order valence-corrected chi connectivity index (χ1v) is 8.37. The third-order valence-corrected chi connectivity index (χ3v) is 4.23. The van der Waals surface area contributed by atoms with Gasteiger partial charge in [-0.05, 0) is 24.5 Å². The lowest BCUT2D eigenvalue weighted by Gasteiger charge is -2.04. The van der Waals surface area contributed by atoms with Gasteiger partial charge in [0.1, 0.15) is 16.2 Å². The van der Waals surface area contributed by atoms with Gasteiger partial charge in [-0.1, -0.05) is 31.3 Å². The van der Waals surface area contributed by atoms with Gasteiger partial charge in [0.15, 0.2) is 0 Å². The second-order valence-electron chi connectivity index (χ2n) is 5.96. The number of pyridine rings is 1. The number of fused-ring (bicyclic) bond motifs is 1. The van der Waals surface area contributed by atoms with Crippen LogP contribution in [0.3, 0.4) is 0 Å². The highest BCUT2D eigenvalue weighted by atomic mass is 32.1. The minimum Gasteiger partial charge on any atom is -0.296 e. The molecule has 24 heavy (non-hydrogen) atoms. The predicted molar refractivity (Wildman–Crippen MR) is 92.6 cm³/mol. The number of hydrogen-bond acceptors (Lipinski definition) is 6. The van der Waals surface area contributed by atoms with E-state index in [0.717, 1.165) is 17.0 Å². The molecule has 3 aromatic heterocycles. The van der Waals surface area contributed by atoms with Gasteiger partial charge in [-0.3, -0.25) is 19.3 Å². The van der Waals surface area contributed by atoms with Crippen LogP contribution in [0.25, 0.3) is 5.65 Å². The Bertz CT molecular complexity index is 961. The van der Waals surface area contributed by atoms with Crippen molar-refractivity contribution in [3.05, 3.63) is 51.0 Å². The molecule has 0 saturated carbocycles. The zero-order chi connectivity index (χ0) is 17.3. The highest BCUT2D eigenvalue weighted by Crippen LogP contribution is 2.18. The Morgan fingerprint density at radius 1 is 1.33 bits per heavy atom. The van der Waals surface area contributed by atoms with Crippen molar-refractivity contribution in [1.29, 1.82) is 0 Å². The van der Waals surface area contributed by atoms with E-state index in [1.54, 1.807) is 12.3 Å². The quantitative estimate of drug-likeness (QED) is 0.785. The molecule has 0 unspecified atom stereocenters. The van der Waals surface area contributed by atoms with Crippen molar-refractivity contribution >= 4 is 28.0 Å². The molecule has 7 nitrogen and oxygen atoms in total. The van der Waals surface area contributed by atoms with E-state index in [1.165, 1.54) is 21.9 Å². The number of anilines is 1. The average Bonchev–Trinajstić information content (AvgIpc) is 2.94. The lowest BCUT2D eigenvalue weighted by atomic mass is 10.1. The summed E-state index contributed by atoms with van der Waals surface area (Å²) in [6, 6.07) is 3.60. The van der Waals surface area contributed by atoms with E-state index in [2.05, 4.69) is 34.3 Å². The fraction of sp³-hybridized carbons (Fsp3) is 0.312. The van der Waals surface area contributed by atoms with E-state index >= 15 is 0 Å². The molecule has 0 saturated heterocycles. The van der Waals surface area contributed by atoms with Crippen LogP contribution in [0.1, 0.15) is 34.8 Å². The third kappa shape index (κ3) is 3.33. The molecule has 0 spiro atoms. The Hall–Kier alpha value is -2.61. The maximum absolute atomic E-state index is 12.5. The molecular weight excluding hydrogens is 326 g/mol. The molecule has 3 heterocycles. The molecule has 0 aliphatic rings. The largest absolute Gasteiger partial charge is 0.296 e. The highest BCUT2D eigenvalue weighted by molar-refractivity contribution is 7.15. The molecule has 1 amide bonds. The van der Waals surface area contributed by atoms with E-state index in [9.17, 15) is 9.59 Å². The van der Waals surface area contributed by atoms with Crippen molar-refractivity contribution in [2.24, 2.45) is 5.92 Å². The van der Waals surface area contributed by atoms with Crippen molar-refractivity contribution in [1.82, 2.24) is 19.6 Å². The van der Waals surface area contributed by atoms with E-state index in [0.29, 0.717) is 16.7 Å². The summed E-state index contributed by atoms with van der Waals surface area (Å²) >= 11 is 1.31. The molecule has 3 aromatic rings. The lowest BCUT2D eigenvalue weighted by molar-refractivity contribution is 0.102. The van der Waals surface area contributed by atoms with Crippen LogP contribution in [0.4, 0.5) is 5.13 Å². The first kappa shape index (κ1) is 16.3. The number of carbonyl (C=O) groups excluding carboxylic acids is 1. The molecule has 0 radical (unpaired) electrons. The highest BCUT2D eigenvalue weighted by Gasteiger charge is 2.16. The normalized spacial score (nSPS) is 11.2. The van der Waals surface area contributed by atoms with Crippen LogP contribution in [0, 0.1) is 12.8 Å². The first-order valence-electron chi connectivity index (χ1n) is 7.56. The smallest absolute Gasteiger partial charge is 0.270 e. The number of hydrogen-bond donors (Lipinski definition) is 1. The number of nitrogens with zero attached hydrogens (tertiary/aromatic N) is 4. The van der Waals surface area contributed by atoms with Gasteiger partial charge < -0.3 is 0 Å². The Labute approximate surface area is 142 Å². The molecule has 0 aliphatic carbocycles. The second kappa shape index (κ2) is 6.48. The van der Waals surface area contributed by atoms with E-state index in [-0.39, 0.29) is 5.56 Å². The molecule has 3 rings (SSSR count). The van der Waals surface area contributed by atoms with Gasteiger partial charge >= 0.3 is 0 Å². The summed E-state index contributed by atoms with van der Waals surface area (Å²) in [6.07, 6.45) is 3.75. The van der Waals surface area contributed by atoms with Gasteiger partial charge in [0.05, 0.1) is 0 Å². The van der Waals surface area contributed by atoms with Gasteiger partial charge in [-0.25, -0.2) is 4.98 Å². The summed E-state index contributed by atoms with van der Waals surface area (Å²) in [5, 5.41) is 11.8. The molecule has 0 fully saturated rings. The summed E-state index contributed by atoms with van der Waals surface area (Å²) in [7, 11) is 0. The van der Waals surface area contributed by atoms with Crippen molar-refractivity contribution in [2.75, 3.05) is 5.32 Å². The summed E-state index contributed by atoms with van der Waals surface area (Å²) in [5.41, 5.74) is 0.968. The minimum absolute atomic E-state index is 0.0290. The number of amides is 1. The topological polar surface area (TPSA) is 89.2 Å². The number of aromatic nitrogens is 4. The van der Waals surface area contributed by atoms with Crippen LogP contribution in [0.15, 0.2) is 29.3 Å². The fourth-order valence-electron chi connectivity index (χ4n) is 2.24. The SMILES string of the molecule is Cc1ccc2ncc(C(=O)Nc3nnc(CC(C)C)s3)c(=O)n2c1. The average molecular weight is 343 g/mol. The Morgan fingerprint density at radius 3 is 2.88 bits per heavy atom. The van der Waals surface area contributed by atoms with Crippen LogP contribution in [-0.4, -0.2) is 25.5 Å². The summed E-state index contributed by atoms with van der Waals surface area (Å²) < 4.78 is 1.37. The molecule has 1 N–H and O–H groups in total. The Kier molecular flexibility index (Phi) is 4.39. The molecular formula is C16H17N5O2S. The molecule has 124 valence electrons. The Morgan fingerprint density at radius 2 is 2.12 bits per heavy atom. The molecule has 0 bridgehead atoms. The number of carbonyl (C=O) groups is 1. The first-order chi connectivity index (χ1) is 11.4. The van der Waals surface area contributed by atoms with Gasteiger partial charge in [0, 0.05) is 18.8 Å². The van der Waals surface area contributed by atoms with E-state index in [1.807, 2.05) is 13.0 Å². The van der Waals surface area contributed by atoms with Crippen molar-refractivity contribution in [3.63, 3.8) is 0 Å². The second-order valence-corrected chi connectivity index (χ2v) is 7.03. The molecule has 0 aliphatic heterocycles. The minimum atomic E-state index is -0.532. The number of aryl methyl sites for hydroxylation is 1. The standard InChI is InChI=1S/C16H17N5O2S/c1-9(2)6-13-19-20-16(24-13)18-14(22)11-7-17-12-5-4-10(3)8-21(12)15(11)23/h4-5,7-9H,6H2,1-3H3,(H,18,20,22). The van der Waals surface area contributed by atoms with Gasteiger partial charge in [-0.2, -0.15) is 0 Å². The molecule has 8 heteroatoms. The van der Waals surface area contributed by atoms with Crippen molar-refractivity contribution in [2.45, 2.75) is 27.2 Å². The molecule has 0 atom stereocenters. The van der Waals surface area contributed by atoms with Gasteiger partial charge in [0.2, 0.25) is 5.13 Å². The number of rotatable bonds is 4.